The van der Waals surface area contributed by atoms with Gasteiger partial charge in [-0.25, -0.2) is 0 Å². The average molecular weight is 357 g/mol. The summed E-state index contributed by atoms with van der Waals surface area (Å²) in [5.41, 5.74) is 8.76. The molecule has 1 aliphatic heterocycles. The maximum Gasteiger partial charge on any atom is 0.256 e. The number of amides is 3. The lowest BCUT2D eigenvalue weighted by Gasteiger charge is -2.10. The Kier molecular flexibility index (Phi) is 4.59. The topological polar surface area (TPSA) is 101 Å². The van der Waals surface area contributed by atoms with E-state index in [1.165, 1.54) is 11.3 Å². The van der Waals surface area contributed by atoms with E-state index in [1.54, 1.807) is 18.2 Å². The molecule has 6 nitrogen and oxygen atoms in total. The molecule has 0 aliphatic carbocycles. The second kappa shape index (κ2) is 6.68. The van der Waals surface area contributed by atoms with Gasteiger partial charge in [0.25, 0.3) is 11.8 Å². The van der Waals surface area contributed by atoms with E-state index in [-0.39, 0.29) is 11.8 Å². The summed E-state index contributed by atoms with van der Waals surface area (Å²) in [4.78, 5) is 36.8. The van der Waals surface area contributed by atoms with E-state index >= 15 is 0 Å². The Labute approximate surface area is 149 Å². The number of carbonyl (C=O) groups excluding carboxylic acids is 3. The zero-order chi connectivity index (χ0) is 18.1. The van der Waals surface area contributed by atoms with Crippen LogP contribution >= 0.6 is 11.3 Å². The number of primary amides is 1. The van der Waals surface area contributed by atoms with Gasteiger partial charge < -0.3 is 16.4 Å². The molecule has 0 saturated carbocycles. The van der Waals surface area contributed by atoms with Gasteiger partial charge in [-0.2, -0.15) is 0 Å². The van der Waals surface area contributed by atoms with Gasteiger partial charge in [0.05, 0.1) is 5.56 Å². The van der Waals surface area contributed by atoms with Gasteiger partial charge in [-0.15, -0.1) is 11.3 Å². The second-order valence-corrected chi connectivity index (χ2v) is 7.30. The number of nitrogens with one attached hydrogen (secondary N) is 2. The van der Waals surface area contributed by atoms with Crippen LogP contribution in [0, 0.1) is 13.8 Å². The van der Waals surface area contributed by atoms with Crippen LogP contribution in [0.2, 0.25) is 0 Å². The van der Waals surface area contributed by atoms with Crippen molar-refractivity contribution in [1.29, 1.82) is 0 Å². The number of fused-ring (bicyclic) bond motifs is 1. The van der Waals surface area contributed by atoms with E-state index in [4.69, 9.17) is 5.73 Å². The Morgan fingerprint density at radius 3 is 2.72 bits per heavy atom. The summed E-state index contributed by atoms with van der Waals surface area (Å²) in [6.07, 6.45) is 1.96. The third-order valence-electron chi connectivity index (χ3n) is 4.35. The van der Waals surface area contributed by atoms with Crippen molar-refractivity contribution < 1.29 is 14.4 Å². The van der Waals surface area contributed by atoms with Crippen LogP contribution in [-0.4, -0.2) is 17.7 Å². The minimum absolute atomic E-state index is 0.00779. The molecule has 1 aromatic heterocycles. The number of nitrogens with two attached hydrogens (primary N) is 1. The summed E-state index contributed by atoms with van der Waals surface area (Å²) in [5.74, 6) is -0.865. The minimum Gasteiger partial charge on any atom is -0.365 e. The third kappa shape index (κ3) is 3.41. The third-order valence-corrected chi connectivity index (χ3v) is 5.47. The standard InChI is InChI=1S/C18H19N3O3S/c1-9-10(2)25-18(15(9)16(19)23)21-17(24)12-6-7-13-11(8-12)4-3-5-14(22)20-13/h6-8H,3-5H2,1-2H3,(H2,19,23)(H,20,22)(H,21,24). The first-order chi connectivity index (χ1) is 11.9. The minimum atomic E-state index is -0.554. The number of rotatable bonds is 3. The van der Waals surface area contributed by atoms with E-state index in [9.17, 15) is 14.4 Å². The van der Waals surface area contributed by atoms with Gasteiger partial charge >= 0.3 is 0 Å². The molecule has 0 atom stereocenters. The molecule has 0 bridgehead atoms. The lowest BCUT2D eigenvalue weighted by Crippen LogP contribution is -2.17. The Morgan fingerprint density at radius 1 is 1.24 bits per heavy atom. The smallest absolute Gasteiger partial charge is 0.256 e. The second-order valence-electron chi connectivity index (χ2n) is 6.08. The molecule has 25 heavy (non-hydrogen) atoms. The zero-order valence-corrected chi connectivity index (χ0v) is 14.9. The van der Waals surface area contributed by atoms with E-state index in [0.29, 0.717) is 22.5 Å². The van der Waals surface area contributed by atoms with Crippen molar-refractivity contribution in [2.75, 3.05) is 10.6 Å². The monoisotopic (exact) mass is 357 g/mol. The largest absolute Gasteiger partial charge is 0.365 e. The van der Waals surface area contributed by atoms with E-state index in [2.05, 4.69) is 10.6 Å². The van der Waals surface area contributed by atoms with Crippen LogP contribution in [0.25, 0.3) is 0 Å². The number of carbonyl (C=O) groups is 3. The SMILES string of the molecule is Cc1sc(NC(=O)c2ccc3c(c2)CCCC(=O)N3)c(C(N)=O)c1C. The van der Waals surface area contributed by atoms with Crippen LogP contribution in [0.3, 0.4) is 0 Å². The number of thiophene rings is 1. The van der Waals surface area contributed by atoms with E-state index < -0.39 is 5.91 Å². The van der Waals surface area contributed by atoms with E-state index in [0.717, 1.165) is 34.5 Å². The first kappa shape index (κ1) is 17.2. The molecule has 0 fully saturated rings. The molecular weight excluding hydrogens is 338 g/mol. The molecular formula is C18H19N3O3S. The summed E-state index contributed by atoms with van der Waals surface area (Å²) in [6, 6.07) is 5.19. The van der Waals surface area contributed by atoms with Gasteiger partial charge in [0, 0.05) is 22.5 Å². The molecule has 0 saturated heterocycles. The zero-order valence-electron chi connectivity index (χ0n) is 14.1. The summed E-state index contributed by atoms with van der Waals surface area (Å²) >= 11 is 1.33. The lowest BCUT2D eigenvalue weighted by atomic mass is 10.0. The predicted molar refractivity (Wildman–Crippen MR) is 98.3 cm³/mol. The average Bonchev–Trinajstić information content (AvgIpc) is 2.71. The molecule has 2 aromatic rings. The first-order valence-electron chi connectivity index (χ1n) is 8.00. The van der Waals surface area contributed by atoms with Gasteiger partial charge in [0.1, 0.15) is 5.00 Å². The molecule has 3 rings (SSSR count). The Bertz CT molecular complexity index is 886. The van der Waals surface area contributed by atoms with E-state index in [1.807, 2.05) is 13.8 Å². The fourth-order valence-electron chi connectivity index (χ4n) is 2.90. The number of hydrogen-bond acceptors (Lipinski definition) is 4. The van der Waals surface area contributed by atoms with Crippen molar-refractivity contribution in [2.24, 2.45) is 5.73 Å². The van der Waals surface area contributed by atoms with Crippen LogP contribution in [-0.2, 0) is 11.2 Å². The number of anilines is 2. The number of aryl methyl sites for hydroxylation is 2. The Balaban J connectivity index is 1.88. The molecule has 130 valence electrons. The van der Waals surface area contributed by atoms with Gasteiger partial charge in [-0.3, -0.25) is 14.4 Å². The molecule has 0 radical (unpaired) electrons. The van der Waals surface area contributed by atoms with Crippen LogP contribution < -0.4 is 16.4 Å². The summed E-state index contributed by atoms with van der Waals surface area (Å²) in [7, 11) is 0. The van der Waals surface area contributed by atoms with Gasteiger partial charge in [-0.05, 0) is 56.0 Å². The highest BCUT2D eigenvalue weighted by Crippen LogP contribution is 2.32. The summed E-state index contributed by atoms with van der Waals surface area (Å²) in [6.45, 7) is 3.69. The fraction of sp³-hybridized carbons (Fsp3) is 0.278. The molecule has 4 N–H and O–H groups in total. The van der Waals surface area contributed by atoms with Crippen LogP contribution in [0.5, 0.6) is 0 Å². The Morgan fingerprint density at radius 2 is 2.00 bits per heavy atom. The van der Waals surface area contributed by atoms with Crippen LogP contribution in [0.4, 0.5) is 10.7 Å². The molecule has 3 amide bonds. The van der Waals surface area contributed by atoms with Crippen molar-refractivity contribution in [2.45, 2.75) is 33.1 Å². The lowest BCUT2D eigenvalue weighted by molar-refractivity contribution is -0.116. The van der Waals surface area contributed by atoms with Crippen LogP contribution in [0.1, 0.15) is 49.6 Å². The maximum absolute atomic E-state index is 12.6. The molecule has 1 aliphatic rings. The van der Waals surface area contributed by atoms with Gasteiger partial charge in [-0.1, -0.05) is 0 Å². The van der Waals surface area contributed by atoms with Crippen molar-refractivity contribution in [3.63, 3.8) is 0 Å². The maximum atomic E-state index is 12.6. The predicted octanol–water partition coefficient (Wildman–Crippen LogP) is 2.99. The van der Waals surface area contributed by atoms with Gasteiger partial charge in [0.15, 0.2) is 0 Å². The van der Waals surface area contributed by atoms with Gasteiger partial charge in [0.2, 0.25) is 5.91 Å². The molecule has 0 unspecified atom stereocenters. The van der Waals surface area contributed by atoms with Crippen molar-refractivity contribution >= 4 is 39.7 Å². The Hall–Kier alpha value is -2.67. The highest BCUT2D eigenvalue weighted by atomic mass is 32.1. The molecule has 2 heterocycles. The molecule has 1 aromatic carbocycles. The number of hydrogen-bond donors (Lipinski definition) is 3. The number of benzene rings is 1. The summed E-state index contributed by atoms with van der Waals surface area (Å²) < 4.78 is 0. The fourth-order valence-corrected chi connectivity index (χ4v) is 3.96. The highest BCUT2D eigenvalue weighted by Gasteiger charge is 2.20. The van der Waals surface area contributed by atoms with Crippen LogP contribution in [0.15, 0.2) is 18.2 Å². The highest BCUT2D eigenvalue weighted by molar-refractivity contribution is 7.16. The van der Waals surface area contributed by atoms with Crippen molar-refractivity contribution in [3.05, 3.63) is 45.3 Å². The van der Waals surface area contributed by atoms with Crippen molar-refractivity contribution in [3.8, 4) is 0 Å². The molecule has 7 heteroatoms. The quantitative estimate of drug-likeness (QED) is 0.787. The van der Waals surface area contributed by atoms with Crippen molar-refractivity contribution in [1.82, 2.24) is 0 Å². The normalized spacial score (nSPS) is 13.6. The first-order valence-corrected chi connectivity index (χ1v) is 8.82. The molecule has 0 spiro atoms. The summed E-state index contributed by atoms with van der Waals surface area (Å²) in [5, 5.41) is 6.10.